The van der Waals surface area contributed by atoms with Gasteiger partial charge < -0.3 is 30.9 Å². The summed E-state index contributed by atoms with van der Waals surface area (Å²) >= 11 is 0. The van der Waals surface area contributed by atoms with E-state index in [1.165, 1.54) is 35.7 Å². The molecule has 2 amide bonds. The fourth-order valence-electron chi connectivity index (χ4n) is 6.96. The third-order valence-electron chi connectivity index (χ3n) is 10.5. The predicted octanol–water partition coefficient (Wildman–Crippen LogP) is 4.41. The van der Waals surface area contributed by atoms with E-state index in [0.29, 0.717) is 42.0 Å². The fraction of sp³-hybridized carbons (Fsp3) is 0.410. The molecule has 1 saturated carbocycles. The van der Waals surface area contributed by atoms with E-state index in [-0.39, 0.29) is 66.4 Å². The lowest BCUT2D eigenvalue weighted by molar-refractivity contribution is -0.231. The van der Waals surface area contributed by atoms with Crippen molar-refractivity contribution in [2.24, 2.45) is 17.6 Å². The molecule has 316 valence electrons. The molecule has 1 aliphatic carbocycles. The van der Waals surface area contributed by atoms with E-state index in [9.17, 15) is 40.4 Å². The first kappa shape index (κ1) is 43.1. The van der Waals surface area contributed by atoms with Crippen LogP contribution in [0.15, 0.2) is 71.6 Å². The Morgan fingerprint density at radius 1 is 0.966 bits per heavy atom. The number of aliphatic carboxylic acids is 1. The van der Waals surface area contributed by atoms with Crippen molar-refractivity contribution < 1.29 is 54.9 Å². The van der Waals surface area contributed by atoms with Crippen molar-refractivity contribution >= 4 is 33.5 Å². The third kappa shape index (κ3) is 9.40. The highest BCUT2D eigenvalue weighted by atomic mass is 32.2. The number of alkyl halides is 4. The number of nitrogens with one attached hydrogen (secondary N) is 3. The van der Waals surface area contributed by atoms with Crippen LogP contribution in [0.3, 0.4) is 0 Å². The van der Waals surface area contributed by atoms with E-state index in [0.717, 1.165) is 12.8 Å². The average Bonchev–Trinajstić information content (AvgIpc) is 3.75. The molecule has 0 unspecified atom stereocenters. The second-order valence-electron chi connectivity index (χ2n) is 14.3. The topological polar surface area (TPSA) is 219 Å². The number of carbonyl (C=O) groups is 3. The van der Waals surface area contributed by atoms with E-state index in [1.807, 2.05) is 0 Å². The Bertz CT molecular complexity index is 2250. The lowest BCUT2D eigenvalue weighted by atomic mass is 9.81. The molecule has 2 heterocycles. The normalized spacial score (nSPS) is 18.5. The van der Waals surface area contributed by atoms with E-state index >= 15 is 0 Å². The number of carboxylic acid groups (broad SMARTS) is 1. The summed E-state index contributed by atoms with van der Waals surface area (Å²) in [7, 11) is -2.49. The first-order valence-electron chi connectivity index (χ1n) is 18.7. The van der Waals surface area contributed by atoms with Gasteiger partial charge in [-0.15, -0.1) is 0 Å². The predicted molar refractivity (Wildman–Crippen MR) is 205 cm³/mol. The zero-order valence-electron chi connectivity index (χ0n) is 31.8. The molecule has 3 aromatic carbocycles. The van der Waals surface area contributed by atoms with Crippen LogP contribution in [0.4, 0.5) is 23.2 Å². The summed E-state index contributed by atoms with van der Waals surface area (Å²) in [6.45, 7) is 1.52. The van der Waals surface area contributed by atoms with Crippen LogP contribution in [0.5, 0.6) is 5.75 Å². The summed E-state index contributed by atoms with van der Waals surface area (Å²) in [4.78, 5) is 41.5. The van der Waals surface area contributed by atoms with Crippen molar-refractivity contribution in [2.75, 3.05) is 45.3 Å². The van der Waals surface area contributed by atoms with Crippen molar-refractivity contribution in [1.29, 1.82) is 0 Å². The Labute approximate surface area is 336 Å². The standard InChI is InChI=1S/C39H43F4N7O8S/c1-57-31-15-12-28(21-32(31)59(55,56)50-16-18-58-19-17-50)25-6-2-23(3-7-25)20-30(46-34(51)27-8-4-24(22-44)5-9-27)35(52)45-29-13-10-26(11-14-29)33-47-36(49-48-33)38(40,41)39(42,43)37(53)54/h2-3,6-7,10-15,21,24,27,30H,4-5,8-9,16-20,22,44H2,1H3,(H,45,52)(H,46,51)(H,53,54)(H,47,48,49)/t24?,27?,30-/m0/s1. The summed E-state index contributed by atoms with van der Waals surface area (Å²) in [5.74, 6) is -16.4. The first-order chi connectivity index (χ1) is 28.0. The zero-order chi connectivity index (χ0) is 42.5. The van der Waals surface area contributed by atoms with Crippen LogP contribution in [0, 0.1) is 11.8 Å². The van der Waals surface area contributed by atoms with Gasteiger partial charge in [0.2, 0.25) is 27.7 Å². The largest absolute Gasteiger partial charge is 0.495 e. The summed E-state index contributed by atoms with van der Waals surface area (Å²) in [5.41, 5.74) is 8.12. The molecule has 1 aromatic heterocycles. The molecule has 0 spiro atoms. The van der Waals surface area contributed by atoms with Crippen LogP contribution < -0.4 is 21.1 Å². The number of aromatic nitrogens is 3. The Morgan fingerprint density at radius 3 is 2.20 bits per heavy atom. The molecule has 2 aliphatic rings. The van der Waals surface area contributed by atoms with Gasteiger partial charge in [-0.05, 0) is 91.2 Å². The zero-order valence-corrected chi connectivity index (χ0v) is 32.6. The number of aromatic amines is 1. The molecule has 15 nitrogen and oxygen atoms in total. The summed E-state index contributed by atoms with van der Waals surface area (Å²) in [5, 5.41) is 19.4. The molecule has 0 bridgehead atoms. The van der Waals surface area contributed by atoms with Gasteiger partial charge in [0.05, 0.1) is 20.3 Å². The van der Waals surface area contributed by atoms with Crippen LogP contribution in [-0.4, -0.2) is 103 Å². The number of H-pyrrole nitrogens is 1. The number of hydrogen-bond acceptors (Lipinski definition) is 10. The maximum atomic E-state index is 14.3. The summed E-state index contributed by atoms with van der Waals surface area (Å²) in [6, 6.07) is 16.3. The highest BCUT2D eigenvalue weighted by Crippen LogP contribution is 2.42. The van der Waals surface area contributed by atoms with E-state index in [4.69, 9.17) is 20.3 Å². The van der Waals surface area contributed by atoms with Gasteiger partial charge in [-0.25, -0.2) is 18.2 Å². The third-order valence-corrected chi connectivity index (χ3v) is 12.4. The smallest absolute Gasteiger partial charge is 0.411 e. The van der Waals surface area contributed by atoms with Gasteiger partial charge in [-0.1, -0.05) is 30.3 Å². The number of nitrogens with two attached hydrogens (primary N) is 1. The van der Waals surface area contributed by atoms with Crippen LogP contribution in [0.1, 0.15) is 37.1 Å². The number of hydrogen-bond donors (Lipinski definition) is 5. The molecule has 1 aliphatic heterocycles. The maximum absolute atomic E-state index is 14.3. The Hall–Kier alpha value is -5.44. The number of methoxy groups -OCH3 is 1. The van der Waals surface area contributed by atoms with Crippen LogP contribution in [-0.2, 0) is 41.5 Å². The number of benzene rings is 3. The lowest BCUT2D eigenvalue weighted by Gasteiger charge is -2.28. The minimum absolute atomic E-state index is 0.0174. The van der Waals surface area contributed by atoms with Gasteiger partial charge in [0, 0.05) is 36.7 Å². The van der Waals surface area contributed by atoms with Crippen molar-refractivity contribution in [3.05, 3.63) is 78.1 Å². The van der Waals surface area contributed by atoms with Gasteiger partial charge in [0.1, 0.15) is 16.7 Å². The molecule has 1 saturated heterocycles. The number of carbonyl (C=O) groups excluding carboxylic acids is 2. The molecule has 20 heteroatoms. The van der Waals surface area contributed by atoms with E-state index < -0.39 is 51.4 Å². The molecule has 1 atom stereocenters. The van der Waals surface area contributed by atoms with E-state index in [2.05, 4.69) is 20.7 Å². The van der Waals surface area contributed by atoms with Crippen molar-refractivity contribution in [1.82, 2.24) is 24.8 Å². The average molecular weight is 846 g/mol. The fourth-order valence-corrected chi connectivity index (χ4v) is 8.55. The van der Waals surface area contributed by atoms with Gasteiger partial charge >= 0.3 is 17.8 Å². The molecule has 6 rings (SSSR count). The summed E-state index contributed by atoms with van der Waals surface area (Å²) in [6.07, 6.45) is 2.87. The molecule has 2 fully saturated rings. The minimum atomic E-state index is -5.45. The van der Waals surface area contributed by atoms with Gasteiger partial charge in [-0.3, -0.25) is 14.7 Å². The number of carboxylic acids is 1. The van der Waals surface area contributed by atoms with Gasteiger partial charge in [0.15, 0.2) is 5.82 Å². The van der Waals surface area contributed by atoms with Gasteiger partial charge in [0.25, 0.3) is 0 Å². The number of sulfonamides is 1. The number of ether oxygens (including phenoxy) is 2. The number of rotatable bonds is 15. The molecular formula is C39H43F4N7O8S. The van der Waals surface area contributed by atoms with Crippen molar-refractivity contribution in [3.8, 4) is 28.3 Å². The monoisotopic (exact) mass is 845 g/mol. The second kappa shape index (κ2) is 17.8. The molecule has 4 aromatic rings. The van der Waals surface area contributed by atoms with Crippen LogP contribution in [0.2, 0.25) is 0 Å². The minimum Gasteiger partial charge on any atom is -0.495 e. The second-order valence-corrected chi connectivity index (χ2v) is 16.2. The first-order valence-corrected chi connectivity index (χ1v) is 20.2. The highest BCUT2D eigenvalue weighted by Gasteiger charge is 2.65. The Balaban J connectivity index is 1.19. The van der Waals surface area contributed by atoms with Gasteiger partial charge in [-0.2, -0.15) is 27.0 Å². The molecular weight excluding hydrogens is 803 g/mol. The van der Waals surface area contributed by atoms with Crippen LogP contribution >= 0.6 is 0 Å². The SMILES string of the molecule is COc1ccc(-c2ccc(C[C@H](NC(=O)C3CCC(CN)CC3)C(=O)Nc3ccc(-c4n[nH]c(C(F)(F)C(F)(F)C(=O)O)n4)cc3)cc2)cc1S(=O)(=O)N1CCOCC1. The number of halogens is 4. The van der Waals surface area contributed by atoms with Crippen molar-refractivity contribution in [3.63, 3.8) is 0 Å². The highest BCUT2D eigenvalue weighted by molar-refractivity contribution is 7.89. The number of anilines is 1. The maximum Gasteiger partial charge on any atom is 0.411 e. The number of nitrogens with zero attached hydrogens (tertiary/aromatic N) is 3. The van der Waals surface area contributed by atoms with Crippen molar-refractivity contribution in [2.45, 2.75) is 54.9 Å². The Kier molecular flexibility index (Phi) is 13.0. The van der Waals surface area contributed by atoms with E-state index in [1.54, 1.807) is 47.6 Å². The molecule has 59 heavy (non-hydrogen) atoms. The number of amides is 2. The summed E-state index contributed by atoms with van der Waals surface area (Å²) < 4.78 is 95.1. The number of morpholine rings is 1. The quantitative estimate of drug-likeness (QED) is 0.106. The molecule has 0 radical (unpaired) electrons. The van der Waals surface area contributed by atoms with Crippen LogP contribution in [0.25, 0.3) is 22.5 Å². The molecule has 6 N–H and O–H groups in total. The lowest BCUT2D eigenvalue weighted by Crippen LogP contribution is -2.48. The Morgan fingerprint density at radius 2 is 1.59 bits per heavy atom.